The Hall–Kier alpha value is -1.65. The highest BCUT2D eigenvalue weighted by Gasteiger charge is 1.99. The van der Waals surface area contributed by atoms with Crippen LogP contribution in [0, 0.1) is 0 Å². The fourth-order valence-corrected chi connectivity index (χ4v) is 1.75. The Morgan fingerprint density at radius 2 is 2.11 bits per heavy atom. The first-order chi connectivity index (χ1) is 8.90. The molecule has 4 heteroatoms. The Bertz CT molecular complexity index is 453. The lowest BCUT2D eigenvalue weighted by Gasteiger charge is -2.02. The number of methoxy groups -OCH3 is 1. The van der Waals surface area contributed by atoms with Gasteiger partial charge in [0.05, 0.1) is 11.9 Å². The Morgan fingerprint density at radius 3 is 2.89 bits per heavy atom. The highest BCUT2D eigenvalue weighted by molar-refractivity contribution is 5.30. The second-order valence-corrected chi connectivity index (χ2v) is 4.15. The van der Waals surface area contributed by atoms with E-state index in [2.05, 4.69) is 16.6 Å². The zero-order valence-corrected chi connectivity index (χ0v) is 10.7. The predicted octanol–water partition coefficient (Wildman–Crippen LogP) is 2.00. The summed E-state index contributed by atoms with van der Waals surface area (Å²) in [6.45, 7) is 2.61. The summed E-state index contributed by atoms with van der Waals surface area (Å²) in [7, 11) is 1.73. The minimum atomic E-state index is 0.802. The Morgan fingerprint density at radius 1 is 1.28 bits per heavy atom. The molecule has 96 valence electrons. The van der Waals surface area contributed by atoms with E-state index in [-0.39, 0.29) is 0 Å². The first-order valence-corrected chi connectivity index (χ1v) is 6.19. The van der Waals surface area contributed by atoms with Crippen molar-refractivity contribution >= 4 is 0 Å². The van der Waals surface area contributed by atoms with Gasteiger partial charge in [0.25, 0.3) is 0 Å². The summed E-state index contributed by atoms with van der Waals surface area (Å²) in [5, 5.41) is 7.72. The van der Waals surface area contributed by atoms with Gasteiger partial charge in [-0.2, -0.15) is 5.10 Å². The van der Waals surface area contributed by atoms with E-state index in [1.807, 2.05) is 41.2 Å². The first kappa shape index (κ1) is 12.8. The molecule has 2 rings (SSSR count). The van der Waals surface area contributed by atoms with E-state index < -0.39 is 0 Å². The van der Waals surface area contributed by atoms with E-state index in [0.29, 0.717) is 0 Å². The van der Waals surface area contributed by atoms with Gasteiger partial charge in [0.2, 0.25) is 0 Å². The summed E-state index contributed by atoms with van der Waals surface area (Å²) in [4.78, 5) is 0. The van der Waals surface area contributed by atoms with Crippen LogP contribution in [0.4, 0.5) is 0 Å². The minimum Gasteiger partial charge on any atom is -0.385 e. The van der Waals surface area contributed by atoms with Crippen LogP contribution in [0.25, 0.3) is 5.69 Å². The maximum Gasteiger partial charge on any atom is 0.0645 e. The molecule has 0 aliphatic carbocycles. The Kier molecular flexibility index (Phi) is 4.93. The molecule has 1 heterocycles. The van der Waals surface area contributed by atoms with E-state index in [1.165, 1.54) is 5.56 Å². The molecule has 0 atom stereocenters. The number of nitrogens with one attached hydrogen (secondary N) is 1. The van der Waals surface area contributed by atoms with Crippen LogP contribution in [0.5, 0.6) is 0 Å². The zero-order chi connectivity index (χ0) is 12.6. The number of hydrogen-bond acceptors (Lipinski definition) is 3. The van der Waals surface area contributed by atoms with Gasteiger partial charge in [-0.15, -0.1) is 0 Å². The smallest absolute Gasteiger partial charge is 0.0645 e. The number of benzene rings is 1. The van der Waals surface area contributed by atoms with Gasteiger partial charge >= 0.3 is 0 Å². The van der Waals surface area contributed by atoms with Crippen LogP contribution in [-0.2, 0) is 11.3 Å². The van der Waals surface area contributed by atoms with E-state index in [0.717, 1.165) is 31.8 Å². The van der Waals surface area contributed by atoms with Crippen LogP contribution in [-0.4, -0.2) is 30.0 Å². The second-order valence-electron chi connectivity index (χ2n) is 4.15. The number of aromatic nitrogens is 2. The highest BCUT2D eigenvalue weighted by Crippen LogP contribution is 2.07. The van der Waals surface area contributed by atoms with E-state index in [9.17, 15) is 0 Å². The molecule has 1 aromatic carbocycles. The molecule has 0 aliphatic rings. The van der Waals surface area contributed by atoms with Crippen LogP contribution in [0.2, 0.25) is 0 Å². The van der Waals surface area contributed by atoms with Crippen molar-refractivity contribution in [3.63, 3.8) is 0 Å². The van der Waals surface area contributed by atoms with Gasteiger partial charge in [0.15, 0.2) is 0 Å². The van der Waals surface area contributed by atoms with Crippen molar-refractivity contribution in [2.24, 2.45) is 0 Å². The van der Waals surface area contributed by atoms with E-state index in [4.69, 9.17) is 4.74 Å². The number of rotatable bonds is 7. The monoisotopic (exact) mass is 245 g/mol. The normalized spacial score (nSPS) is 10.7. The van der Waals surface area contributed by atoms with Crippen molar-refractivity contribution < 1.29 is 4.74 Å². The number of nitrogens with zero attached hydrogens (tertiary/aromatic N) is 2. The maximum atomic E-state index is 5.00. The summed E-state index contributed by atoms with van der Waals surface area (Å²) in [6.07, 6.45) is 4.98. The summed E-state index contributed by atoms with van der Waals surface area (Å²) < 4.78 is 6.89. The third-order valence-corrected chi connectivity index (χ3v) is 2.69. The average Bonchev–Trinajstić information content (AvgIpc) is 2.88. The molecule has 18 heavy (non-hydrogen) atoms. The van der Waals surface area contributed by atoms with E-state index >= 15 is 0 Å². The molecule has 0 fully saturated rings. The lowest BCUT2D eigenvalue weighted by Crippen LogP contribution is -2.15. The molecule has 0 spiro atoms. The standard InChI is InChI=1S/C14H19N3O/c1-18-9-5-8-15-10-13-11-16-17(12-13)14-6-3-2-4-7-14/h2-4,6-7,11-12,15H,5,8-10H2,1H3. The molecule has 0 radical (unpaired) electrons. The van der Waals surface area contributed by atoms with Gasteiger partial charge in [-0.05, 0) is 25.1 Å². The number of hydrogen-bond donors (Lipinski definition) is 1. The van der Waals surface area contributed by atoms with Gasteiger partial charge in [0.1, 0.15) is 0 Å². The topological polar surface area (TPSA) is 39.1 Å². The van der Waals surface area contributed by atoms with Gasteiger partial charge in [-0.25, -0.2) is 4.68 Å². The largest absolute Gasteiger partial charge is 0.385 e. The van der Waals surface area contributed by atoms with Crippen LogP contribution in [0.15, 0.2) is 42.7 Å². The molecule has 0 bridgehead atoms. The molecule has 1 aromatic heterocycles. The Balaban J connectivity index is 1.83. The lowest BCUT2D eigenvalue weighted by molar-refractivity contribution is 0.194. The summed E-state index contributed by atoms with van der Waals surface area (Å²) in [6, 6.07) is 10.1. The molecule has 0 unspecified atom stereocenters. The minimum absolute atomic E-state index is 0.802. The fraction of sp³-hybridized carbons (Fsp3) is 0.357. The van der Waals surface area contributed by atoms with Crippen molar-refractivity contribution in [2.45, 2.75) is 13.0 Å². The summed E-state index contributed by atoms with van der Waals surface area (Å²) in [5.74, 6) is 0. The zero-order valence-electron chi connectivity index (χ0n) is 10.7. The fourth-order valence-electron chi connectivity index (χ4n) is 1.75. The molecule has 1 N–H and O–H groups in total. The molecule has 2 aromatic rings. The van der Waals surface area contributed by atoms with Crippen molar-refractivity contribution in [2.75, 3.05) is 20.3 Å². The third-order valence-electron chi connectivity index (χ3n) is 2.69. The summed E-state index contributed by atoms with van der Waals surface area (Å²) in [5.41, 5.74) is 2.28. The molecule has 0 saturated heterocycles. The van der Waals surface area contributed by atoms with Crippen molar-refractivity contribution in [1.29, 1.82) is 0 Å². The third kappa shape index (κ3) is 3.68. The number of para-hydroxylation sites is 1. The lowest BCUT2D eigenvalue weighted by atomic mass is 10.3. The molecule has 0 saturated carbocycles. The molecule has 0 amide bonds. The second kappa shape index (κ2) is 6.93. The Labute approximate surface area is 108 Å². The van der Waals surface area contributed by atoms with Crippen LogP contribution in [0.1, 0.15) is 12.0 Å². The van der Waals surface area contributed by atoms with Crippen LogP contribution >= 0.6 is 0 Å². The average molecular weight is 245 g/mol. The van der Waals surface area contributed by atoms with Crippen molar-refractivity contribution in [1.82, 2.24) is 15.1 Å². The summed E-state index contributed by atoms with van der Waals surface area (Å²) >= 11 is 0. The van der Waals surface area contributed by atoms with E-state index in [1.54, 1.807) is 7.11 Å². The molecule has 4 nitrogen and oxygen atoms in total. The van der Waals surface area contributed by atoms with Crippen LogP contribution in [0.3, 0.4) is 0 Å². The maximum absolute atomic E-state index is 5.00. The molecular weight excluding hydrogens is 226 g/mol. The molecule has 0 aliphatic heterocycles. The van der Waals surface area contributed by atoms with Gasteiger partial charge in [-0.3, -0.25) is 0 Å². The van der Waals surface area contributed by atoms with Crippen LogP contribution < -0.4 is 5.32 Å². The van der Waals surface area contributed by atoms with Gasteiger partial charge < -0.3 is 10.1 Å². The number of ether oxygens (including phenoxy) is 1. The first-order valence-electron chi connectivity index (χ1n) is 6.19. The quantitative estimate of drug-likeness (QED) is 0.758. The highest BCUT2D eigenvalue weighted by atomic mass is 16.5. The van der Waals surface area contributed by atoms with Gasteiger partial charge in [-0.1, -0.05) is 18.2 Å². The van der Waals surface area contributed by atoms with Crippen molar-refractivity contribution in [3.05, 3.63) is 48.3 Å². The van der Waals surface area contributed by atoms with Gasteiger partial charge in [0, 0.05) is 32.0 Å². The molecular formula is C14H19N3O. The van der Waals surface area contributed by atoms with Crippen molar-refractivity contribution in [3.8, 4) is 5.69 Å². The SMILES string of the molecule is COCCCNCc1cnn(-c2ccccc2)c1. The predicted molar refractivity (Wildman–Crippen MR) is 71.8 cm³/mol.